The molecule has 15 aromatic carbocycles. The van der Waals surface area contributed by atoms with E-state index in [0.29, 0.717) is 0 Å². The van der Waals surface area contributed by atoms with Gasteiger partial charge in [-0.3, -0.25) is 0 Å². The minimum absolute atomic E-state index is 0.756. The number of aromatic nitrogens is 4. The molecular formula is C90H62N4Si2. The van der Waals surface area contributed by atoms with Crippen LogP contribution in [-0.4, -0.2) is 36.1 Å². The Kier molecular flexibility index (Phi) is 12.5. The molecule has 2 aliphatic rings. The fourth-order valence-electron chi connectivity index (χ4n) is 16.1. The average molecular weight is 1260 g/mol. The normalized spacial score (nSPS) is 13.4. The summed E-state index contributed by atoms with van der Waals surface area (Å²) in [6, 6.07) is 112. The van der Waals surface area contributed by atoms with E-state index in [1.807, 2.05) is 0 Å². The molecule has 4 nitrogen and oxygen atoms in total. The largest absolute Gasteiger partial charge is 0.237 e. The third-order valence-electron chi connectivity index (χ3n) is 20.9. The zero-order valence-corrected chi connectivity index (χ0v) is 55.7. The van der Waals surface area contributed by atoms with Gasteiger partial charge in [-0.1, -0.05) is 293 Å². The molecule has 6 heteroatoms. The summed E-state index contributed by atoms with van der Waals surface area (Å²) < 4.78 is 0. The third-order valence-corrected chi connectivity index (χ3v) is 27.6. The lowest BCUT2D eigenvalue weighted by molar-refractivity contribution is 1.21. The number of benzene rings is 15. The summed E-state index contributed by atoms with van der Waals surface area (Å²) in [5.41, 5.74) is 20.4. The van der Waals surface area contributed by atoms with Crippen LogP contribution in [0, 0.1) is 0 Å². The van der Waals surface area contributed by atoms with Crippen molar-refractivity contribution in [1.82, 2.24) is 19.9 Å². The maximum absolute atomic E-state index is 5.68. The van der Waals surface area contributed by atoms with Crippen LogP contribution in [-0.2, 0) is 0 Å². The summed E-state index contributed by atoms with van der Waals surface area (Å²) in [5, 5.41) is 20.3. The zero-order chi connectivity index (χ0) is 64.0. The smallest absolute Gasteiger partial charge is 0.159 e. The third kappa shape index (κ3) is 8.72. The fraction of sp³-hybridized carbons (Fsp3) is 0.0444. The first kappa shape index (κ1) is 56.0. The highest BCUT2D eigenvalue weighted by molar-refractivity contribution is 7.04. The highest BCUT2D eigenvalue weighted by Crippen LogP contribution is 2.44. The van der Waals surface area contributed by atoms with E-state index in [4.69, 9.17) is 19.9 Å². The standard InChI is InChI=1S/C90H62N4Si2/c1-95(2)81-39-18-17-38-76(81)83-85(55-22-7-5-8-23-55)91-87(93-89(83)95)65-30-20-28-59(49-65)57-26-19-27-58(48-57)61-40-45-74-70-35-14-16-37-72(70)79-53-63(42-46-75(79)80(74)52-61)64-43-47-77-82(54-64)96(3,4)90-84(77)86(56-24-9-6-10-25-56)92-88(94-90)66-31-21-29-60(50-66)62-41-44-73-69-34-12-11-32-67(69)68-33-13-15-36-71(68)78(73)51-62/h5-54H,1-4H3. The molecular weight excluding hydrogens is 1190 g/mol. The second kappa shape index (κ2) is 21.5. The molecule has 0 saturated carbocycles. The predicted molar refractivity (Wildman–Crippen MR) is 411 cm³/mol. The van der Waals surface area contributed by atoms with Gasteiger partial charge < -0.3 is 0 Å². The fourth-order valence-corrected chi connectivity index (χ4v) is 22.0. The highest BCUT2D eigenvalue weighted by atomic mass is 28.3. The topological polar surface area (TPSA) is 51.6 Å². The summed E-state index contributed by atoms with van der Waals surface area (Å²) in [6.45, 7) is 9.81. The van der Waals surface area contributed by atoms with Gasteiger partial charge in [0, 0.05) is 44.0 Å². The van der Waals surface area contributed by atoms with Crippen molar-refractivity contribution in [3.63, 3.8) is 0 Å². The van der Waals surface area contributed by atoms with E-state index in [0.717, 1.165) is 67.5 Å². The molecule has 4 heterocycles. The van der Waals surface area contributed by atoms with Crippen LogP contribution in [0.1, 0.15) is 0 Å². The Morgan fingerprint density at radius 1 is 0.198 bits per heavy atom. The van der Waals surface area contributed by atoms with Crippen molar-refractivity contribution in [2.75, 3.05) is 0 Å². The minimum Gasteiger partial charge on any atom is -0.237 e. The first-order valence-corrected chi connectivity index (χ1v) is 39.3. The van der Waals surface area contributed by atoms with Crippen molar-refractivity contribution in [1.29, 1.82) is 0 Å². The molecule has 450 valence electrons. The maximum atomic E-state index is 5.68. The van der Waals surface area contributed by atoms with Gasteiger partial charge >= 0.3 is 0 Å². The molecule has 0 atom stereocenters. The van der Waals surface area contributed by atoms with Gasteiger partial charge in [-0.15, -0.1) is 0 Å². The van der Waals surface area contributed by atoms with Crippen LogP contribution in [0.5, 0.6) is 0 Å². The Bertz CT molecular complexity index is 6120. The van der Waals surface area contributed by atoms with Crippen LogP contribution in [0.3, 0.4) is 0 Å². The molecule has 0 saturated heterocycles. The molecule has 0 unspecified atom stereocenters. The Labute approximate surface area is 559 Å². The molecule has 19 rings (SSSR count). The quantitative estimate of drug-likeness (QED) is 0.112. The molecule has 0 spiro atoms. The number of fused-ring (bicyclic) bond motifs is 18. The van der Waals surface area contributed by atoms with E-state index < -0.39 is 16.1 Å². The average Bonchev–Trinajstić information content (AvgIpc) is 1.67. The first-order valence-electron chi connectivity index (χ1n) is 33.3. The highest BCUT2D eigenvalue weighted by Gasteiger charge is 2.43. The van der Waals surface area contributed by atoms with E-state index in [1.165, 1.54) is 130 Å². The lowest BCUT2D eigenvalue weighted by Gasteiger charge is -2.20. The van der Waals surface area contributed by atoms with E-state index in [2.05, 4.69) is 330 Å². The second-order valence-corrected chi connectivity index (χ2v) is 35.7. The van der Waals surface area contributed by atoms with Gasteiger partial charge in [0.25, 0.3) is 0 Å². The molecule has 0 radical (unpaired) electrons. The summed E-state index contributed by atoms with van der Waals surface area (Å²) in [7, 11) is -4.55. The van der Waals surface area contributed by atoms with E-state index in [9.17, 15) is 0 Å². The number of hydrogen-bond acceptors (Lipinski definition) is 4. The Hall–Kier alpha value is -11.5. The molecule has 0 N–H and O–H groups in total. The van der Waals surface area contributed by atoms with Crippen LogP contribution in [0.4, 0.5) is 0 Å². The summed E-state index contributed by atoms with van der Waals surface area (Å²) in [6.07, 6.45) is 0. The lowest BCUT2D eigenvalue weighted by Crippen LogP contribution is -2.51. The van der Waals surface area contributed by atoms with E-state index in [1.54, 1.807) is 0 Å². The monoisotopic (exact) mass is 1250 g/mol. The number of nitrogens with zero attached hydrogens (tertiary/aromatic N) is 4. The van der Waals surface area contributed by atoms with Crippen LogP contribution in [0.15, 0.2) is 303 Å². The maximum Gasteiger partial charge on any atom is 0.159 e. The van der Waals surface area contributed by atoms with Crippen molar-refractivity contribution in [2.45, 2.75) is 26.2 Å². The van der Waals surface area contributed by atoms with Crippen LogP contribution in [0.2, 0.25) is 26.2 Å². The van der Waals surface area contributed by atoms with Gasteiger partial charge in [0.2, 0.25) is 0 Å². The molecule has 0 amide bonds. The van der Waals surface area contributed by atoms with Gasteiger partial charge in [-0.25, -0.2) is 19.9 Å². The summed E-state index contributed by atoms with van der Waals surface area (Å²) in [5.74, 6) is 1.52. The van der Waals surface area contributed by atoms with Crippen molar-refractivity contribution in [3.8, 4) is 112 Å². The van der Waals surface area contributed by atoms with Gasteiger partial charge in [-0.2, -0.15) is 0 Å². The molecule has 2 aromatic heterocycles. The number of rotatable bonds is 8. The zero-order valence-electron chi connectivity index (χ0n) is 53.7. The summed E-state index contributed by atoms with van der Waals surface area (Å²) in [4.78, 5) is 22.2. The van der Waals surface area contributed by atoms with Crippen molar-refractivity contribution >= 4 is 102 Å². The predicted octanol–water partition coefficient (Wildman–Crippen LogP) is 21.1. The van der Waals surface area contributed by atoms with Crippen LogP contribution in [0.25, 0.3) is 177 Å². The molecule has 17 aromatic rings. The van der Waals surface area contributed by atoms with E-state index in [-0.39, 0.29) is 0 Å². The molecule has 96 heavy (non-hydrogen) atoms. The second-order valence-electron chi connectivity index (χ2n) is 27.2. The van der Waals surface area contributed by atoms with Gasteiger partial charge in [0.05, 0.1) is 11.4 Å². The van der Waals surface area contributed by atoms with Crippen LogP contribution < -0.4 is 21.0 Å². The Balaban J connectivity index is 0.673. The van der Waals surface area contributed by atoms with Crippen molar-refractivity contribution in [3.05, 3.63) is 303 Å². The minimum atomic E-state index is -2.44. The lowest BCUT2D eigenvalue weighted by atomic mass is 9.89. The molecule has 0 fully saturated rings. The van der Waals surface area contributed by atoms with Gasteiger partial charge in [0.1, 0.15) is 16.1 Å². The number of hydrogen-bond donors (Lipinski definition) is 0. The SMILES string of the molecule is C[Si]1(C)c2ccccc2-c2c(-c3ccccc3)nc(-c3cccc(-c4cccc(-c5ccc6c7ccccc7c7cc(-c8ccc9c(c8)[Si](C)(C)c8nc(-c%10cccc(-c%11ccc%12c%13ccccc%13c%13ccccc%13c%12c%11)c%10)nc(-c%10ccccc%10)c8-9)ccc7c6c5)c4)c3)nc21. The first-order chi connectivity index (χ1) is 47.1. The van der Waals surface area contributed by atoms with Gasteiger partial charge in [0.15, 0.2) is 11.6 Å². The molecule has 0 aliphatic carbocycles. The van der Waals surface area contributed by atoms with Gasteiger partial charge in [-0.05, 0) is 167 Å². The van der Waals surface area contributed by atoms with E-state index >= 15 is 0 Å². The Morgan fingerprint density at radius 2 is 0.490 bits per heavy atom. The Morgan fingerprint density at radius 3 is 0.927 bits per heavy atom. The summed E-state index contributed by atoms with van der Waals surface area (Å²) >= 11 is 0. The van der Waals surface area contributed by atoms with Crippen LogP contribution >= 0.6 is 0 Å². The van der Waals surface area contributed by atoms with Crippen molar-refractivity contribution in [2.24, 2.45) is 0 Å². The molecule has 0 bridgehead atoms. The molecule has 2 aliphatic heterocycles. The van der Waals surface area contributed by atoms with Crippen molar-refractivity contribution < 1.29 is 0 Å².